The zero-order chi connectivity index (χ0) is 18.6. The van der Waals surface area contributed by atoms with Crippen LogP contribution in [0, 0.1) is 0 Å². The number of carbonyl (C=O) groups excluding carboxylic acids is 1. The number of benzene rings is 2. The predicted octanol–water partition coefficient (Wildman–Crippen LogP) is 3.70. The van der Waals surface area contributed by atoms with Crippen LogP contribution in [0.5, 0.6) is 5.75 Å². The largest absolute Gasteiger partial charge is 0.495 e. The Hall–Kier alpha value is -1.46. The Morgan fingerprint density at radius 3 is 2.64 bits per heavy atom. The third-order valence-corrected chi connectivity index (χ3v) is 5.15. The SMILES string of the molecule is COc1ccc(Cl)cc1NC(=O)[C@@H](C)[NH+](C)Cc1cccc(Cl)c1Cl. The van der Waals surface area contributed by atoms with Crippen LogP contribution in [-0.2, 0) is 11.3 Å². The highest BCUT2D eigenvalue weighted by molar-refractivity contribution is 6.42. The van der Waals surface area contributed by atoms with E-state index in [0.717, 1.165) is 10.5 Å². The van der Waals surface area contributed by atoms with Crippen LogP contribution < -0.4 is 15.0 Å². The van der Waals surface area contributed by atoms with E-state index in [1.165, 1.54) is 0 Å². The van der Waals surface area contributed by atoms with Gasteiger partial charge in [0.05, 0.1) is 29.9 Å². The van der Waals surface area contributed by atoms with Crippen molar-refractivity contribution >= 4 is 46.4 Å². The van der Waals surface area contributed by atoms with Crippen molar-refractivity contribution in [3.63, 3.8) is 0 Å². The number of methoxy groups -OCH3 is 1. The van der Waals surface area contributed by atoms with Gasteiger partial charge in [0.1, 0.15) is 12.3 Å². The number of quaternary nitrogens is 1. The van der Waals surface area contributed by atoms with E-state index in [1.807, 2.05) is 26.1 Å². The van der Waals surface area contributed by atoms with Gasteiger partial charge in [-0.05, 0) is 31.2 Å². The molecule has 0 fully saturated rings. The molecule has 25 heavy (non-hydrogen) atoms. The first-order valence-corrected chi connectivity index (χ1v) is 8.86. The second kappa shape index (κ2) is 8.77. The quantitative estimate of drug-likeness (QED) is 0.774. The van der Waals surface area contributed by atoms with Crippen molar-refractivity contribution < 1.29 is 14.4 Å². The number of ether oxygens (including phenoxy) is 1. The van der Waals surface area contributed by atoms with Crippen molar-refractivity contribution in [1.29, 1.82) is 0 Å². The second-order valence-electron chi connectivity index (χ2n) is 5.79. The fraction of sp³-hybridized carbons (Fsp3) is 0.278. The fourth-order valence-electron chi connectivity index (χ4n) is 2.38. The van der Waals surface area contributed by atoms with E-state index >= 15 is 0 Å². The predicted molar refractivity (Wildman–Crippen MR) is 103 cm³/mol. The van der Waals surface area contributed by atoms with Gasteiger partial charge in [0.25, 0.3) is 5.91 Å². The maximum absolute atomic E-state index is 12.6. The van der Waals surface area contributed by atoms with Gasteiger partial charge in [-0.3, -0.25) is 4.79 Å². The van der Waals surface area contributed by atoms with E-state index in [2.05, 4.69) is 5.32 Å². The highest BCUT2D eigenvalue weighted by Crippen LogP contribution is 2.28. The minimum Gasteiger partial charge on any atom is -0.495 e. The summed E-state index contributed by atoms with van der Waals surface area (Å²) in [7, 11) is 3.47. The first-order chi connectivity index (χ1) is 11.8. The average molecular weight is 403 g/mol. The number of anilines is 1. The summed E-state index contributed by atoms with van der Waals surface area (Å²) in [5.41, 5.74) is 1.44. The molecule has 0 bridgehead atoms. The van der Waals surface area contributed by atoms with Crippen molar-refractivity contribution in [2.45, 2.75) is 19.5 Å². The monoisotopic (exact) mass is 401 g/mol. The van der Waals surface area contributed by atoms with Gasteiger partial charge in [0.15, 0.2) is 6.04 Å². The van der Waals surface area contributed by atoms with Crippen LogP contribution in [0.3, 0.4) is 0 Å². The molecule has 0 aliphatic heterocycles. The Bertz CT molecular complexity index is 768. The van der Waals surface area contributed by atoms with Crippen LogP contribution in [0.15, 0.2) is 36.4 Å². The van der Waals surface area contributed by atoms with Crippen LogP contribution in [0.2, 0.25) is 15.1 Å². The number of amides is 1. The van der Waals surface area contributed by atoms with Crippen molar-refractivity contribution in [3.8, 4) is 5.75 Å². The lowest BCUT2D eigenvalue weighted by Gasteiger charge is -2.22. The van der Waals surface area contributed by atoms with Gasteiger partial charge < -0.3 is 15.0 Å². The van der Waals surface area contributed by atoms with Gasteiger partial charge in [-0.1, -0.05) is 46.9 Å². The lowest BCUT2D eigenvalue weighted by molar-refractivity contribution is -0.907. The first kappa shape index (κ1) is 19.9. The molecule has 7 heteroatoms. The van der Waals surface area contributed by atoms with E-state index in [0.29, 0.717) is 33.0 Å². The molecule has 2 aromatic carbocycles. The summed E-state index contributed by atoms with van der Waals surface area (Å²) < 4.78 is 5.25. The van der Waals surface area contributed by atoms with Crippen LogP contribution in [0.1, 0.15) is 12.5 Å². The minimum absolute atomic E-state index is 0.142. The summed E-state index contributed by atoms with van der Waals surface area (Å²) in [6.07, 6.45) is 0. The third kappa shape index (κ3) is 5.02. The molecule has 0 aromatic heterocycles. The van der Waals surface area contributed by atoms with Gasteiger partial charge in [-0.15, -0.1) is 0 Å². The summed E-state index contributed by atoms with van der Waals surface area (Å²) in [6, 6.07) is 10.3. The maximum Gasteiger partial charge on any atom is 0.282 e. The summed E-state index contributed by atoms with van der Waals surface area (Å²) in [5, 5.41) is 4.42. The van der Waals surface area contributed by atoms with Gasteiger partial charge in [0.2, 0.25) is 0 Å². The van der Waals surface area contributed by atoms with E-state index in [-0.39, 0.29) is 11.9 Å². The molecule has 2 rings (SSSR count). The molecule has 2 N–H and O–H groups in total. The Morgan fingerprint density at radius 1 is 1.24 bits per heavy atom. The lowest BCUT2D eigenvalue weighted by atomic mass is 10.1. The van der Waals surface area contributed by atoms with Crippen molar-refractivity contribution in [2.75, 3.05) is 19.5 Å². The maximum atomic E-state index is 12.6. The molecule has 0 radical (unpaired) electrons. The smallest absolute Gasteiger partial charge is 0.282 e. The molecule has 0 saturated heterocycles. The van der Waals surface area contributed by atoms with Crippen molar-refractivity contribution in [1.82, 2.24) is 0 Å². The van der Waals surface area contributed by atoms with E-state index in [9.17, 15) is 4.79 Å². The van der Waals surface area contributed by atoms with E-state index < -0.39 is 0 Å². The topological polar surface area (TPSA) is 42.8 Å². The molecule has 0 heterocycles. The number of carbonyl (C=O) groups is 1. The molecule has 0 spiro atoms. The van der Waals surface area contributed by atoms with Gasteiger partial charge >= 0.3 is 0 Å². The highest BCUT2D eigenvalue weighted by atomic mass is 35.5. The Labute approximate surface area is 162 Å². The number of hydrogen-bond donors (Lipinski definition) is 2. The lowest BCUT2D eigenvalue weighted by Crippen LogP contribution is -3.12. The normalized spacial score (nSPS) is 13.2. The Balaban J connectivity index is 2.09. The minimum atomic E-state index is -0.321. The van der Waals surface area contributed by atoms with Gasteiger partial charge in [-0.25, -0.2) is 0 Å². The van der Waals surface area contributed by atoms with Gasteiger partial charge in [-0.2, -0.15) is 0 Å². The average Bonchev–Trinajstić information content (AvgIpc) is 2.58. The molecule has 0 aliphatic carbocycles. The molecule has 2 aromatic rings. The van der Waals surface area contributed by atoms with E-state index in [1.54, 1.807) is 31.4 Å². The van der Waals surface area contributed by atoms with Crippen LogP contribution in [-0.4, -0.2) is 26.1 Å². The fourth-order valence-corrected chi connectivity index (χ4v) is 2.94. The zero-order valence-corrected chi connectivity index (χ0v) is 16.5. The standard InChI is InChI=1S/C18H19Cl3N2O2/c1-11(23(2)10-12-5-4-6-14(20)17(12)21)18(24)22-15-9-13(19)7-8-16(15)25-3/h4-9,11H,10H2,1-3H3,(H,22,24)/p+1/t11-/m1/s1. The number of hydrogen-bond acceptors (Lipinski definition) is 2. The Kier molecular flexibility index (Phi) is 6.96. The number of rotatable bonds is 6. The van der Waals surface area contributed by atoms with Gasteiger partial charge in [0, 0.05) is 10.6 Å². The van der Waals surface area contributed by atoms with Crippen LogP contribution >= 0.6 is 34.8 Å². The highest BCUT2D eigenvalue weighted by Gasteiger charge is 2.24. The summed E-state index contributed by atoms with van der Waals surface area (Å²) in [6.45, 7) is 2.42. The second-order valence-corrected chi connectivity index (χ2v) is 7.01. The van der Waals surface area contributed by atoms with Crippen LogP contribution in [0.4, 0.5) is 5.69 Å². The number of nitrogens with one attached hydrogen (secondary N) is 2. The molecule has 4 nitrogen and oxygen atoms in total. The van der Waals surface area contributed by atoms with Crippen LogP contribution in [0.25, 0.3) is 0 Å². The first-order valence-electron chi connectivity index (χ1n) is 7.73. The molecule has 2 atom stereocenters. The molecular weight excluding hydrogens is 383 g/mol. The number of halogens is 3. The Morgan fingerprint density at radius 2 is 1.96 bits per heavy atom. The molecule has 134 valence electrons. The van der Waals surface area contributed by atoms with Crippen molar-refractivity contribution in [3.05, 3.63) is 57.0 Å². The summed E-state index contributed by atoms with van der Waals surface area (Å²) >= 11 is 18.3. The van der Waals surface area contributed by atoms with Crippen molar-refractivity contribution in [2.24, 2.45) is 0 Å². The molecule has 1 unspecified atom stereocenters. The molecule has 1 amide bonds. The molecular formula is C18H20Cl3N2O2+. The summed E-state index contributed by atoms with van der Waals surface area (Å²) in [4.78, 5) is 13.6. The third-order valence-electron chi connectivity index (χ3n) is 4.05. The molecule has 0 aliphatic rings. The van der Waals surface area contributed by atoms with E-state index in [4.69, 9.17) is 39.5 Å². The zero-order valence-electron chi connectivity index (χ0n) is 14.2. The number of likely N-dealkylation sites (N-methyl/N-ethyl adjacent to an activating group) is 1. The molecule has 0 saturated carbocycles. The summed E-state index contributed by atoms with van der Waals surface area (Å²) in [5.74, 6) is 0.414.